The highest BCUT2D eigenvalue weighted by Gasteiger charge is 2.15. The van der Waals surface area contributed by atoms with Crippen LogP contribution in [0.5, 0.6) is 0 Å². The van der Waals surface area contributed by atoms with Crippen LogP contribution in [-0.4, -0.2) is 24.9 Å². The maximum atomic E-state index is 5.32. The molecule has 262 valence electrons. The third-order valence-corrected chi connectivity index (χ3v) is 10.2. The summed E-state index contributed by atoms with van der Waals surface area (Å²) in [5.74, 6) is 0.668. The molecule has 0 spiro atoms. The number of benzene rings is 6. The SMILES string of the molecule is c1ccc(-c2cc(-c3cccnc3)nc(-c3ccc(-c4ccc(-c5cc(-c6ccccc6)c6ccc7ccc(-c8ccccc8)nc7c6n5)cc4)cc3)n2)cc1. The summed E-state index contributed by atoms with van der Waals surface area (Å²) in [5.41, 5.74) is 14.8. The molecule has 0 aliphatic carbocycles. The van der Waals surface area contributed by atoms with Crippen LogP contribution in [0.4, 0.5) is 0 Å². The highest BCUT2D eigenvalue weighted by Crippen LogP contribution is 2.37. The van der Waals surface area contributed by atoms with Crippen LogP contribution >= 0.6 is 0 Å². The van der Waals surface area contributed by atoms with Crippen LogP contribution in [0.15, 0.2) is 200 Å². The molecular formula is C51H33N5. The highest BCUT2D eigenvalue weighted by molar-refractivity contribution is 6.09. The van der Waals surface area contributed by atoms with Crippen molar-refractivity contribution in [2.45, 2.75) is 0 Å². The van der Waals surface area contributed by atoms with E-state index in [4.69, 9.17) is 19.9 Å². The van der Waals surface area contributed by atoms with Crippen molar-refractivity contribution in [1.29, 1.82) is 0 Å². The predicted octanol–water partition coefficient (Wildman–Crippen LogP) is 12.6. The molecule has 0 N–H and O–H groups in total. The van der Waals surface area contributed by atoms with E-state index in [0.29, 0.717) is 5.82 Å². The van der Waals surface area contributed by atoms with Crippen LogP contribution in [0.25, 0.3) is 100 Å². The predicted molar refractivity (Wildman–Crippen MR) is 228 cm³/mol. The van der Waals surface area contributed by atoms with E-state index >= 15 is 0 Å². The molecule has 0 aliphatic rings. The Hall–Kier alpha value is -7.63. The van der Waals surface area contributed by atoms with Gasteiger partial charge in [-0.25, -0.2) is 19.9 Å². The molecule has 0 saturated carbocycles. The molecule has 10 rings (SSSR count). The van der Waals surface area contributed by atoms with E-state index in [-0.39, 0.29) is 0 Å². The lowest BCUT2D eigenvalue weighted by molar-refractivity contribution is 1.18. The highest BCUT2D eigenvalue weighted by atomic mass is 14.9. The van der Waals surface area contributed by atoms with Crippen LogP contribution in [0, 0.1) is 0 Å². The standard InChI is InChI=1S/C51H33N5/c1-4-11-36(12-5-1)44-31-46(54-50-43(44)28-26-40-27-29-45(53-49(40)50)37-13-6-2-7-14-37)39-22-18-34(19-23-39)35-20-24-41(25-21-35)51-55-47(38-15-8-3-9-16-38)32-48(56-51)42-17-10-30-52-33-42/h1-33H. The Balaban J connectivity index is 1.02. The lowest BCUT2D eigenvalue weighted by Gasteiger charge is -2.13. The van der Waals surface area contributed by atoms with Crippen LogP contribution in [0.3, 0.4) is 0 Å². The molecule has 4 aromatic heterocycles. The van der Waals surface area contributed by atoms with Gasteiger partial charge in [0.2, 0.25) is 0 Å². The minimum atomic E-state index is 0.668. The summed E-state index contributed by atoms with van der Waals surface area (Å²) in [7, 11) is 0. The maximum absolute atomic E-state index is 5.32. The van der Waals surface area contributed by atoms with Gasteiger partial charge in [0, 0.05) is 51.0 Å². The molecule has 10 aromatic rings. The van der Waals surface area contributed by atoms with Crippen molar-refractivity contribution in [3.05, 3.63) is 200 Å². The van der Waals surface area contributed by atoms with Gasteiger partial charge in [0.1, 0.15) is 0 Å². The molecule has 0 atom stereocenters. The first-order valence-corrected chi connectivity index (χ1v) is 18.7. The van der Waals surface area contributed by atoms with Gasteiger partial charge < -0.3 is 0 Å². The largest absolute Gasteiger partial charge is 0.264 e. The Labute approximate surface area is 324 Å². The first kappa shape index (κ1) is 33.0. The minimum Gasteiger partial charge on any atom is -0.264 e. The molecule has 5 nitrogen and oxygen atoms in total. The number of rotatable bonds is 7. The maximum Gasteiger partial charge on any atom is 0.160 e. The zero-order chi connectivity index (χ0) is 37.3. The second-order valence-corrected chi connectivity index (χ2v) is 13.7. The molecule has 4 heterocycles. The summed E-state index contributed by atoms with van der Waals surface area (Å²) < 4.78 is 0. The van der Waals surface area contributed by atoms with Crippen molar-refractivity contribution in [3.63, 3.8) is 0 Å². The van der Waals surface area contributed by atoms with E-state index in [0.717, 1.165) is 94.7 Å². The monoisotopic (exact) mass is 715 g/mol. The topological polar surface area (TPSA) is 64.5 Å². The van der Waals surface area contributed by atoms with Crippen molar-refractivity contribution in [2.24, 2.45) is 0 Å². The van der Waals surface area contributed by atoms with E-state index in [1.54, 1.807) is 6.20 Å². The normalized spacial score (nSPS) is 11.2. The van der Waals surface area contributed by atoms with Crippen LogP contribution < -0.4 is 0 Å². The fourth-order valence-electron chi connectivity index (χ4n) is 7.29. The fraction of sp³-hybridized carbons (Fsp3) is 0. The zero-order valence-electron chi connectivity index (χ0n) is 30.3. The average molecular weight is 716 g/mol. The third-order valence-electron chi connectivity index (χ3n) is 10.2. The Morgan fingerprint density at radius 2 is 0.804 bits per heavy atom. The molecule has 0 aliphatic heterocycles. The Bertz CT molecular complexity index is 2910. The molecule has 0 amide bonds. The van der Waals surface area contributed by atoms with E-state index < -0.39 is 0 Å². The Morgan fingerprint density at radius 3 is 1.45 bits per heavy atom. The fourth-order valence-corrected chi connectivity index (χ4v) is 7.29. The molecule has 56 heavy (non-hydrogen) atoms. The van der Waals surface area contributed by atoms with Gasteiger partial charge in [-0.05, 0) is 52.6 Å². The first-order chi connectivity index (χ1) is 27.7. The number of aromatic nitrogens is 5. The second-order valence-electron chi connectivity index (χ2n) is 13.7. The number of nitrogens with zero attached hydrogens (tertiary/aromatic N) is 5. The Kier molecular flexibility index (Phi) is 8.43. The van der Waals surface area contributed by atoms with Crippen LogP contribution in [0.2, 0.25) is 0 Å². The van der Waals surface area contributed by atoms with Crippen molar-refractivity contribution >= 4 is 21.8 Å². The molecule has 0 radical (unpaired) electrons. The number of hydrogen-bond acceptors (Lipinski definition) is 5. The van der Waals surface area contributed by atoms with Gasteiger partial charge in [-0.2, -0.15) is 0 Å². The summed E-state index contributed by atoms with van der Waals surface area (Å²) in [6.45, 7) is 0. The summed E-state index contributed by atoms with van der Waals surface area (Å²) in [6, 6.07) is 64.9. The molecule has 0 unspecified atom stereocenters. The molecule has 0 fully saturated rings. The third kappa shape index (κ3) is 6.37. The molecule has 5 heteroatoms. The van der Waals surface area contributed by atoms with Crippen molar-refractivity contribution in [3.8, 4) is 78.7 Å². The average Bonchev–Trinajstić information content (AvgIpc) is 3.29. The van der Waals surface area contributed by atoms with Gasteiger partial charge in [-0.1, -0.05) is 158 Å². The van der Waals surface area contributed by atoms with E-state index in [9.17, 15) is 0 Å². The van der Waals surface area contributed by atoms with Gasteiger partial charge in [0.25, 0.3) is 0 Å². The number of fused-ring (bicyclic) bond motifs is 3. The van der Waals surface area contributed by atoms with Gasteiger partial charge in [0.05, 0.1) is 33.8 Å². The van der Waals surface area contributed by atoms with Crippen LogP contribution in [-0.2, 0) is 0 Å². The number of hydrogen-bond donors (Lipinski definition) is 0. The van der Waals surface area contributed by atoms with Crippen molar-refractivity contribution in [1.82, 2.24) is 24.9 Å². The van der Waals surface area contributed by atoms with E-state index in [1.807, 2.05) is 60.8 Å². The lowest BCUT2D eigenvalue weighted by atomic mass is 9.96. The molecular weight excluding hydrogens is 683 g/mol. The second kappa shape index (κ2) is 14.3. The molecule has 0 saturated heterocycles. The van der Waals surface area contributed by atoms with Gasteiger partial charge in [-0.3, -0.25) is 4.98 Å². The van der Waals surface area contributed by atoms with Crippen LogP contribution in [0.1, 0.15) is 0 Å². The summed E-state index contributed by atoms with van der Waals surface area (Å²) >= 11 is 0. The van der Waals surface area contributed by atoms with E-state index in [1.165, 1.54) is 0 Å². The van der Waals surface area contributed by atoms with Crippen molar-refractivity contribution in [2.75, 3.05) is 0 Å². The lowest BCUT2D eigenvalue weighted by Crippen LogP contribution is -1.96. The quantitative estimate of drug-likeness (QED) is 0.154. The first-order valence-electron chi connectivity index (χ1n) is 18.7. The number of pyridine rings is 3. The van der Waals surface area contributed by atoms with Crippen molar-refractivity contribution < 1.29 is 0 Å². The summed E-state index contributed by atoms with van der Waals surface area (Å²) in [4.78, 5) is 24.8. The smallest absolute Gasteiger partial charge is 0.160 e. The molecule has 0 bridgehead atoms. The molecule has 6 aromatic carbocycles. The Morgan fingerprint density at radius 1 is 0.304 bits per heavy atom. The van der Waals surface area contributed by atoms with Gasteiger partial charge in [0.15, 0.2) is 5.82 Å². The zero-order valence-corrected chi connectivity index (χ0v) is 30.3. The van der Waals surface area contributed by atoms with E-state index in [2.05, 4.69) is 138 Å². The van der Waals surface area contributed by atoms with Gasteiger partial charge in [-0.15, -0.1) is 0 Å². The summed E-state index contributed by atoms with van der Waals surface area (Å²) in [6.07, 6.45) is 3.61. The summed E-state index contributed by atoms with van der Waals surface area (Å²) in [5, 5.41) is 2.14. The van der Waals surface area contributed by atoms with Gasteiger partial charge >= 0.3 is 0 Å². The minimum absolute atomic E-state index is 0.668.